The summed E-state index contributed by atoms with van der Waals surface area (Å²) < 4.78 is 39.2. The van der Waals surface area contributed by atoms with E-state index in [9.17, 15) is 9.90 Å². The van der Waals surface area contributed by atoms with Crippen LogP contribution in [0.3, 0.4) is 0 Å². The highest BCUT2D eigenvalue weighted by Crippen LogP contribution is 2.54. The molecule has 0 saturated carbocycles. The molecule has 6 fully saturated rings. The van der Waals surface area contributed by atoms with Crippen LogP contribution in [0.15, 0.2) is 41.4 Å². The summed E-state index contributed by atoms with van der Waals surface area (Å²) in [4.78, 5) is 12.7. The second kappa shape index (κ2) is 10.1. The first-order valence-corrected chi connectivity index (χ1v) is 13.8. The van der Waals surface area contributed by atoms with Gasteiger partial charge in [-0.1, -0.05) is 40.7 Å². The number of benzene rings is 1. The van der Waals surface area contributed by atoms with E-state index in [1.807, 2.05) is 18.2 Å². The second-order valence-electron chi connectivity index (χ2n) is 10.5. The van der Waals surface area contributed by atoms with Crippen molar-refractivity contribution in [1.82, 2.24) is 0 Å². The third kappa shape index (κ3) is 4.68. The highest BCUT2D eigenvalue weighted by molar-refractivity contribution is 9.11. The van der Waals surface area contributed by atoms with Crippen LogP contribution in [0.2, 0.25) is 0 Å². The molecule has 9 heteroatoms. The molecule has 0 amide bonds. The van der Waals surface area contributed by atoms with Gasteiger partial charge in [-0.15, -0.1) is 0 Å². The Labute approximate surface area is 219 Å². The van der Waals surface area contributed by atoms with Crippen molar-refractivity contribution >= 4 is 21.9 Å². The van der Waals surface area contributed by atoms with Crippen molar-refractivity contribution in [3.8, 4) is 0 Å². The molecule has 196 valence electrons. The molecule has 36 heavy (non-hydrogen) atoms. The van der Waals surface area contributed by atoms with Gasteiger partial charge in [0.25, 0.3) is 0 Å². The van der Waals surface area contributed by atoms with E-state index in [1.165, 1.54) is 0 Å². The highest BCUT2D eigenvalue weighted by atomic mass is 79.9. The van der Waals surface area contributed by atoms with E-state index in [4.69, 9.17) is 28.4 Å². The topological polar surface area (TPSA) is 92.7 Å². The first-order chi connectivity index (χ1) is 17.4. The zero-order valence-corrected chi connectivity index (χ0v) is 21.7. The number of fused-ring (bicyclic) bond motifs is 1. The molecular formula is C27H33BrO8. The molecule has 8 nitrogen and oxygen atoms in total. The molecule has 0 aliphatic carbocycles. The van der Waals surface area contributed by atoms with Gasteiger partial charge >= 0.3 is 5.97 Å². The van der Waals surface area contributed by atoms with Gasteiger partial charge in [0, 0.05) is 25.9 Å². The van der Waals surface area contributed by atoms with E-state index in [0.717, 1.165) is 17.3 Å². The Hall–Kier alpha value is -1.33. The number of ether oxygens (including phenoxy) is 6. The number of esters is 1. The summed E-state index contributed by atoms with van der Waals surface area (Å²) in [5.74, 6) is -1.21. The third-order valence-corrected chi connectivity index (χ3v) is 8.38. The molecule has 1 aromatic rings. The van der Waals surface area contributed by atoms with Crippen LogP contribution in [0.5, 0.6) is 0 Å². The van der Waals surface area contributed by atoms with Crippen LogP contribution in [-0.2, 0) is 28.4 Å². The predicted molar refractivity (Wildman–Crippen MR) is 132 cm³/mol. The standard InChI is InChI=1S/C27H33BrO8/c1-15(28)13-18(32-26(30)16-5-3-2-4-6-16)9-11-27-14-20-22(35-27)23-24(34-20)25(36-27)21-19(33-23)8-7-17(31-21)10-12-29/h2-6,17-25,29H,1,7-14H2/t17-,18+,19+,20-,21+,22+,23+,24-,25+,27+/m1/s1. The molecular weight excluding hydrogens is 532 g/mol. The van der Waals surface area contributed by atoms with Gasteiger partial charge in [0.2, 0.25) is 0 Å². The summed E-state index contributed by atoms with van der Waals surface area (Å²) in [6, 6.07) is 8.99. The van der Waals surface area contributed by atoms with E-state index < -0.39 is 5.79 Å². The molecule has 6 bridgehead atoms. The van der Waals surface area contributed by atoms with Gasteiger partial charge < -0.3 is 33.5 Å². The van der Waals surface area contributed by atoms with Crippen LogP contribution < -0.4 is 0 Å². The minimum absolute atomic E-state index is 0.0148. The molecule has 0 unspecified atom stereocenters. The predicted octanol–water partition coefficient (Wildman–Crippen LogP) is 3.64. The van der Waals surface area contributed by atoms with Crippen LogP contribution in [0, 0.1) is 0 Å². The quantitative estimate of drug-likeness (QED) is 0.454. The molecule has 0 aromatic heterocycles. The molecule has 6 aliphatic heterocycles. The summed E-state index contributed by atoms with van der Waals surface area (Å²) in [6.45, 7) is 4.05. The van der Waals surface area contributed by atoms with Crippen LogP contribution in [0.4, 0.5) is 0 Å². The van der Waals surface area contributed by atoms with Crippen molar-refractivity contribution in [1.29, 1.82) is 0 Å². The van der Waals surface area contributed by atoms with Crippen molar-refractivity contribution in [2.45, 2.75) is 106 Å². The van der Waals surface area contributed by atoms with Crippen molar-refractivity contribution in [3.63, 3.8) is 0 Å². The van der Waals surface area contributed by atoms with E-state index in [1.54, 1.807) is 12.1 Å². The monoisotopic (exact) mass is 564 g/mol. The normalized spacial score (nSPS) is 40.9. The molecule has 1 N–H and O–H groups in total. The fourth-order valence-corrected chi connectivity index (χ4v) is 6.82. The van der Waals surface area contributed by atoms with E-state index in [2.05, 4.69) is 22.5 Å². The Bertz CT molecular complexity index is 974. The summed E-state index contributed by atoms with van der Waals surface area (Å²) in [5.41, 5.74) is 0.516. The summed E-state index contributed by atoms with van der Waals surface area (Å²) in [5, 5.41) is 9.42. The maximum absolute atomic E-state index is 12.7. The number of carbonyl (C=O) groups excluding carboxylic acids is 1. The Morgan fingerprint density at radius 1 is 1.06 bits per heavy atom. The lowest BCUT2D eigenvalue weighted by Gasteiger charge is -2.47. The average Bonchev–Trinajstić information content (AvgIpc) is 3.28. The Morgan fingerprint density at radius 2 is 1.81 bits per heavy atom. The van der Waals surface area contributed by atoms with Crippen molar-refractivity contribution in [3.05, 3.63) is 47.0 Å². The Morgan fingerprint density at radius 3 is 2.58 bits per heavy atom. The SMILES string of the molecule is C=C(Br)C[C@H](CC[C@@]12C[C@H]3O[C@H]4[C@@H](O1)[C@H]1O[C@@H](CCO)CC[C@@H]1O[C@H]4[C@H]3O2)OC(=O)c1ccccc1. The van der Waals surface area contributed by atoms with Gasteiger partial charge in [0.1, 0.15) is 36.6 Å². The Kier molecular flexibility index (Phi) is 7.00. The van der Waals surface area contributed by atoms with E-state index in [-0.39, 0.29) is 67.5 Å². The van der Waals surface area contributed by atoms with Gasteiger partial charge in [0.05, 0.1) is 23.9 Å². The molecule has 1 aromatic carbocycles. The summed E-state index contributed by atoms with van der Waals surface area (Å²) in [6.07, 6.45) is 2.84. The van der Waals surface area contributed by atoms with Gasteiger partial charge in [-0.3, -0.25) is 0 Å². The second-order valence-corrected chi connectivity index (χ2v) is 11.6. The number of rotatable bonds is 9. The van der Waals surface area contributed by atoms with E-state index in [0.29, 0.717) is 37.7 Å². The van der Waals surface area contributed by atoms with Crippen LogP contribution in [0.25, 0.3) is 0 Å². The minimum atomic E-state index is -0.847. The maximum atomic E-state index is 12.7. The first-order valence-electron chi connectivity index (χ1n) is 13.0. The number of aliphatic hydroxyl groups excluding tert-OH is 1. The summed E-state index contributed by atoms with van der Waals surface area (Å²) in [7, 11) is 0. The lowest BCUT2D eigenvalue weighted by atomic mass is 9.87. The van der Waals surface area contributed by atoms with Gasteiger partial charge in [-0.25, -0.2) is 4.79 Å². The summed E-state index contributed by atoms with van der Waals surface area (Å²) >= 11 is 3.43. The molecule has 7 rings (SSSR count). The van der Waals surface area contributed by atoms with Crippen molar-refractivity contribution in [2.75, 3.05) is 6.61 Å². The number of aliphatic hydroxyl groups is 1. The van der Waals surface area contributed by atoms with Gasteiger partial charge in [-0.2, -0.15) is 0 Å². The number of hydrogen-bond donors (Lipinski definition) is 1. The number of carbonyl (C=O) groups is 1. The number of hydrogen-bond acceptors (Lipinski definition) is 8. The smallest absolute Gasteiger partial charge is 0.338 e. The van der Waals surface area contributed by atoms with Crippen molar-refractivity contribution in [2.24, 2.45) is 0 Å². The van der Waals surface area contributed by atoms with Crippen molar-refractivity contribution < 1.29 is 38.3 Å². The van der Waals surface area contributed by atoms with Crippen LogP contribution >= 0.6 is 15.9 Å². The lowest BCUT2D eigenvalue weighted by molar-refractivity contribution is -0.293. The molecule has 0 spiro atoms. The zero-order valence-electron chi connectivity index (χ0n) is 20.1. The van der Waals surface area contributed by atoms with Crippen LogP contribution in [-0.4, -0.2) is 78.4 Å². The Balaban J connectivity index is 1.18. The zero-order chi connectivity index (χ0) is 24.9. The molecule has 0 radical (unpaired) electrons. The average molecular weight is 565 g/mol. The molecule has 6 heterocycles. The highest BCUT2D eigenvalue weighted by Gasteiger charge is 2.68. The molecule has 10 atom stereocenters. The largest absolute Gasteiger partial charge is 0.458 e. The lowest BCUT2D eigenvalue weighted by Crippen LogP contribution is -2.61. The van der Waals surface area contributed by atoms with Gasteiger partial charge in [-0.05, 0) is 42.3 Å². The number of halogens is 1. The maximum Gasteiger partial charge on any atom is 0.338 e. The fraction of sp³-hybridized carbons (Fsp3) is 0.667. The van der Waals surface area contributed by atoms with E-state index >= 15 is 0 Å². The minimum Gasteiger partial charge on any atom is -0.458 e. The fourth-order valence-electron chi connectivity index (χ4n) is 6.46. The van der Waals surface area contributed by atoms with Crippen LogP contribution in [0.1, 0.15) is 55.3 Å². The molecule has 6 aliphatic rings. The first kappa shape index (κ1) is 25.0. The molecule has 6 saturated heterocycles. The van der Waals surface area contributed by atoms with Gasteiger partial charge in [0.15, 0.2) is 5.79 Å². The third-order valence-electron chi connectivity index (χ3n) is 8.06.